The second-order valence-electron chi connectivity index (χ2n) is 13.1. The van der Waals surface area contributed by atoms with Crippen molar-refractivity contribution in [1.29, 1.82) is 0 Å². The van der Waals surface area contributed by atoms with Crippen LogP contribution in [0.4, 0.5) is 4.39 Å². The molecule has 2 fully saturated rings. The fraction of sp³-hybridized carbons (Fsp3) is 0.676. The summed E-state index contributed by atoms with van der Waals surface area (Å²) in [5.41, 5.74) is -3.43. The van der Waals surface area contributed by atoms with Gasteiger partial charge in [-0.1, -0.05) is 56.3 Å². The van der Waals surface area contributed by atoms with Gasteiger partial charge in [-0.3, -0.25) is 9.59 Å². The third kappa shape index (κ3) is 8.38. The van der Waals surface area contributed by atoms with Crippen LogP contribution in [0.1, 0.15) is 106 Å². The van der Waals surface area contributed by atoms with Gasteiger partial charge < -0.3 is 19.4 Å². The number of ketones is 1. The van der Waals surface area contributed by atoms with Crippen molar-refractivity contribution in [1.82, 2.24) is 0 Å². The molecular formula is C34H49FN2O7. The molecule has 0 spiro atoms. The summed E-state index contributed by atoms with van der Waals surface area (Å²) in [5.74, 6) is -3.96. The number of hydrogen-bond donors (Lipinski definition) is 1. The second-order valence-corrected chi connectivity index (χ2v) is 13.1. The number of Topliss-reactive ketones (excluding diaryl/α,β-unsaturated/α-hetero) is 1. The summed E-state index contributed by atoms with van der Waals surface area (Å²) in [6.07, 6.45) is -0.428. The van der Waals surface area contributed by atoms with Gasteiger partial charge in [0.2, 0.25) is 5.91 Å². The molecule has 2 heterocycles. The van der Waals surface area contributed by atoms with Crippen molar-refractivity contribution < 1.29 is 38.2 Å². The maximum atomic E-state index is 15.7. The van der Waals surface area contributed by atoms with Crippen LogP contribution in [0, 0.1) is 17.8 Å². The summed E-state index contributed by atoms with van der Waals surface area (Å²) >= 11 is 0. The molecule has 244 valence electrons. The molecule has 1 amide bonds. The SMILES string of the molecule is CC[C@H]1OC(=O)[C@@](C)(F)C(=O)CC[C@@]2(C)C[C@@H](C)/C(=N\C(C)=O)[C@H](C)[C@@H](CC/C(=N\O[C@@H](C)c3ccccc3)CO2)[C@]1(C)O. The molecule has 2 saturated heterocycles. The smallest absolute Gasteiger partial charge is 0.351 e. The van der Waals surface area contributed by atoms with Gasteiger partial charge >= 0.3 is 5.97 Å². The minimum Gasteiger partial charge on any atom is -0.457 e. The summed E-state index contributed by atoms with van der Waals surface area (Å²) in [4.78, 5) is 48.9. The van der Waals surface area contributed by atoms with E-state index in [1.54, 1.807) is 13.8 Å². The number of halogens is 1. The number of cyclic esters (lactones) is 1. The van der Waals surface area contributed by atoms with Crippen LogP contribution in [0.2, 0.25) is 0 Å². The molecule has 0 saturated carbocycles. The minimum atomic E-state index is -2.89. The number of hydrogen-bond acceptors (Lipinski definition) is 8. The van der Waals surface area contributed by atoms with Crippen molar-refractivity contribution in [2.24, 2.45) is 27.9 Å². The maximum absolute atomic E-state index is 15.7. The van der Waals surface area contributed by atoms with Gasteiger partial charge in [0.25, 0.3) is 5.67 Å². The highest BCUT2D eigenvalue weighted by molar-refractivity contribution is 6.06. The zero-order chi connectivity index (χ0) is 32.9. The summed E-state index contributed by atoms with van der Waals surface area (Å²) < 4.78 is 27.8. The molecule has 1 aromatic rings. The van der Waals surface area contributed by atoms with E-state index in [1.165, 1.54) is 6.92 Å². The Morgan fingerprint density at radius 2 is 1.82 bits per heavy atom. The molecule has 9 nitrogen and oxygen atoms in total. The molecule has 0 radical (unpaired) electrons. The van der Waals surface area contributed by atoms with E-state index in [4.69, 9.17) is 14.3 Å². The number of alkyl halides is 1. The normalized spacial score (nSPS) is 37.0. The van der Waals surface area contributed by atoms with Gasteiger partial charge in [-0.05, 0) is 77.2 Å². The number of rotatable bonds is 4. The third-order valence-corrected chi connectivity index (χ3v) is 9.35. The average Bonchev–Trinajstić information content (AvgIpc) is 2.98. The first kappa shape index (κ1) is 35.5. The number of oxime groups is 1. The molecule has 0 aliphatic carbocycles. The van der Waals surface area contributed by atoms with Gasteiger partial charge in [0.05, 0.1) is 17.9 Å². The Bertz CT molecular complexity index is 1250. The third-order valence-electron chi connectivity index (χ3n) is 9.35. The molecule has 10 heteroatoms. The quantitative estimate of drug-likeness (QED) is 0.246. The lowest BCUT2D eigenvalue weighted by atomic mass is 9.69. The number of carbonyl (C=O) groups is 3. The number of carbonyl (C=O) groups excluding carboxylic acids is 3. The van der Waals surface area contributed by atoms with E-state index >= 15 is 4.39 Å². The topological polar surface area (TPSA) is 124 Å². The van der Waals surface area contributed by atoms with Crippen LogP contribution in [-0.4, -0.2) is 63.8 Å². The van der Waals surface area contributed by atoms with E-state index in [0.717, 1.165) is 12.5 Å². The van der Waals surface area contributed by atoms with Crippen LogP contribution in [0.25, 0.3) is 0 Å². The molecule has 1 N–H and O–H groups in total. The minimum absolute atomic E-state index is 0.0703. The standard InChI is InChI=1S/C34H49FN2O7/c1-9-29-34(8,41)27-16-15-26(37-44-23(4)25-13-11-10-12-14-25)20-42-32(6,18-17-28(39)33(7,35)31(40)43-29)19-21(2)30(22(27)3)36-24(5)38/h10-14,21-23,27,29,41H,9,15-20H2,1-8H3/b36-30+,37-26+/t21-,22-,23+,27-,29-,32+,33+,34+/m1/s1. The maximum Gasteiger partial charge on any atom is 0.351 e. The second kappa shape index (κ2) is 14.4. The number of ether oxygens (including phenoxy) is 2. The Morgan fingerprint density at radius 3 is 2.43 bits per heavy atom. The lowest BCUT2D eigenvalue weighted by Crippen LogP contribution is -2.54. The van der Waals surface area contributed by atoms with E-state index in [2.05, 4.69) is 10.1 Å². The largest absolute Gasteiger partial charge is 0.457 e. The Labute approximate surface area is 260 Å². The lowest BCUT2D eigenvalue weighted by Gasteiger charge is -2.43. The van der Waals surface area contributed by atoms with Crippen molar-refractivity contribution in [3.05, 3.63) is 35.9 Å². The molecule has 0 unspecified atom stereocenters. The van der Waals surface area contributed by atoms with Crippen LogP contribution >= 0.6 is 0 Å². The van der Waals surface area contributed by atoms with Crippen LogP contribution in [-0.2, 0) is 28.7 Å². The van der Waals surface area contributed by atoms with Crippen molar-refractivity contribution in [2.45, 2.75) is 123 Å². The lowest BCUT2D eigenvalue weighted by molar-refractivity contribution is -0.185. The molecule has 3 rings (SSSR count). The monoisotopic (exact) mass is 616 g/mol. The Balaban J connectivity index is 2.18. The van der Waals surface area contributed by atoms with Crippen LogP contribution in [0.5, 0.6) is 0 Å². The summed E-state index contributed by atoms with van der Waals surface area (Å²) in [6, 6.07) is 9.67. The molecule has 2 bridgehead atoms. The highest BCUT2D eigenvalue weighted by Crippen LogP contribution is 2.40. The summed E-state index contributed by atoms with van der Waals surface area (Å²) in [5, 5.41) is 16.7. The highest BCUT2D eigenvalue weighted by Gasteiger charge is 2.50. The predicted molar refractivity (Wildman–Crippen MR) is 166 cm³/mol. The number of benzene rings is 1. The first-order valence-electron chi connectivity index (χ1n) is 15.7. The summed E-state index contributed by atoms with van der Waals surface area (Å²) in [6.45, 7) is 13.2. The van der Waals surface area contributed by atoms with Gasteiger partial charge in [-0.25, -0.2) is 14.2 Å². The Hall–Kier alpha value is -2.98. The van der Waals surface area contributed by atoms with E-state index in [-0.39, 0.29) is 43.8 Å². The van der Waals surface area contributed by atoms with Crippen molar-refractivity contribution >= 4 is 29.1 Å². The predicted octanol–water partition coefficient (Wildman–Crippen LogP) is 6.12. The molecule has 0 aromatic heterocycles. The van der Waals surface area contributed by atoms with Crippen LogP contribution in [0.15, 0.2) is 40.5 Å². The molecule has 44 heavy (non-hydrogen) atoms. The zero-order valence-corrected chi connectivity index (χ0v) is 27.4. The van der Waals surface area contributed by atoms with Crippen LogP contribution < -0.4 is 0 Å². The van der Waals surface area contributed by atoms with Gasteiger partial charge in [0.1, 0.15) is 17.8 Å². The van der Waals surface area contributed by atoms with E-state index in [9.17, 15) is 19.5 Å². The van der Waals surface area contributed by atoms with Crippen LogP contribution in [0.3, 0.4) is 0 Å². The fourth-order valence-electron chi connectivity index (χ4n) is 6.57. The van der Waals surface area contributed by atoms with E-state index in [1.807, 2.05) is 58.0 Å². The Kier molecular flexibility index (Phi) is 11.6. The van der Waals surface area contributed by atoms with Gasteiger partial charge in [-0.15, -0.1) is 0 Å². The van der Waals surface area contributed by atoms with Crippen molar-refractivity contribution in [2.75, 3.05) is 6.61 Å². The van der Waals surface area contributed by atoms with Gasteiger partial charge in [-0.2, -0.15) is 0 Å². The highest BCUT2D eigenvalue weighted by atomic mass is 19.1. The Morgan fingerprint density at radius 1 is 1.16 bits per heavy atom. The van der Waals surface area contributed by atoms with Crippen molar-refractivity contribution in [3.8, 4) is 0 Å². The molecule has 2 aliphatic heterocycles. The fourth-order valence-corrected chi connectivity index (χ4v) is 6.57. The molecule has 2 aliphatic rings. The number of esters is 1. The van der Waals surface area contributed by atoms with Gasteiger partial charge in [0.15, 0.2) is 5.78 Å². The summed E-state index contributed by atoms with van der Waals surface area (Å²) in [7, 11) is 0. The molecule has 8 atom stereocenters. The first-order chi connectivity index (χ1) is 20.5. The number of aliphatic imine (C=N–C) groups is 1. The van der Waals surface area contributed by atoms with E-state index < -0.39 is 46.6 Å². The first-order valence-corrected chi connectivity index (χ1v) is 15.7. The molecular weight excluding hydrogens is 567 g/mol. The number of nitrogens with zero attached hydrogens (tertiary/aromatic N) is 2. The number of aliphatic hydroxyl groups is 1. The number of amides is 1. The van der Waals surface area contributed by atoms with Crippen molar-refractivity contribution in [3.63, 3.8) is 0 Å². The zero-order valence-electron chi connectivity index (χ0n) is 27.4. The van der Waals surface area contributed by atoms with Gasteiger partial charge in [0, 0.05) is 25.0 Å². The average molecular weight is 617 g/mol. The number of fused-ring (bicyclic) bond motifs is 5. The molecule has 1 aromatic carbocycles. The van der Waals surface area contributed by atoms with E-state index in [0.29, 0.717) is 30.7 Å².